The summed E-state index contributed by atoms with van der Waals surface area (Å²) in [6, 6.07) is 5.50. The summed E-state index contributed by atoms with van der Waals surface area (Å²) in [5.74, 6) is 2.10. The fourth-order valence-electron chi connectivity index (χ4n) is 1.81. The molecule has 1 aliphatic heterocycles. The molecule has 0 aliphatic carbocycles. The number of carbonyl (C=O) groups is 1. The number of nitrogens with two attached hydrogens (primary N) is 1. The van der Waals surface area contributed by atoms with Gasteiger partial charge in [0, 0.05) is 21.7 Å². The van der Waals surface area contributed by atoms with E-state index in [0.29, 0.717) is 11.3 Å². The van der Waals surface area contributed by atoms with E-state index in [0.717, 1.165) is 22.4 Å². The van der Waals surface area contributed by atoms with E-state index in [1.54, 1.807) is 0 Å². The second kappa shape index (κ2) is 6.04. The summed E-state index contributed by atoms with van der Waals surface area (Å²) in [5.41, 5.74) is 7.05. The zero-order chi connectivity index (χ0) is 13.1. The summed E-state index contributed by atoms with van der Waals surface area (Å²) in [6.07, 6.45) is 0.940. The van der Waals surface area contributed by atoms with Crippen LogP contribution in [0.25, 0.3) is 0 Å². The van der Waals surface area contributed by atoms with E-state index in [4.69, 9.17) is 18.0 Å². The number of anilines is 1. The van der Waals surface area contributed by atoms with Crippen LogP contribution in [-0.4, -0.2) is 22.4 Å². The Morgan fingerprint density at radius 1 is 1.56 bits per heavy atom. The first-order chi connectivity index (χ1) is 8.58. The molecule has 6 heteroatoms. The van der Waals surface area contributed by atoms with Gasteiger partial charge in [0.25, 0.3) is 0 Å². The van der Waals surface area contributed by atoms with Crippen LogP contribution in [0.5, 0.6) is 0 Å². The van der Waals surface area contributed by atoms with Crippen molar-refractivity contribution in [3.05, 3.63) is 28.2 Å². The van der Waals surface area contributed by atoms with Crippen LogP contribution in [0.1, 0.15) is 12.0 Å². The molecule has 0 spiro atoms. The molecular weight excluding hydrogens is 332 g/mol. The fourth-order valence-corrected chi connectivity index (χ4v) is 3.56. The van der Waals surface area contributed by atoms with E-state index < -0.39 is 0 Å². The van der Waals surface area contributed by atoms with Crippen LogP contribution in [0.15, 0.2) is 22.7 Å². The molecule has 1 amide bonds. The van der Waals surface area contributed by atoms with Gasteiger partial charge in [-0.3, -0.25) is 4.79 Å². The van der Waals surface area contributed by atoms with E-state index in [2.05, 4.69) is 21.2 Å². The molecular formula is C12H13BrN2OS2. The zero-order valence-corrected chi connectivity index (χ0v) is 12.8. The molecule has 0 bridgehead atoms. The Hall–Kier alpha value is -0.590. The molecule has 1 aromatic rings. The molecule has 1 fully saturated rings. The highest BCUT2D eigenvalue weighted by Gasteiger charge is 2.23. The number of halogens is 1. The first kappa shape index (κ1) is 13.8. The largest absolute Gasteiger partial charge is 0.389 e. The Labute approximate surface area is 124 Å². The van der Waals surface area contributed by atoms with Crippen LogP contribution in [-0.2, 0) is 4.79 Å². The van der Waals surface area contributed by atoms with Gasteiger partial charge in [-0.25, -0.2) is 0 Å². The number of amides is 1. The lowest BCUT2D eigenvalue weighted by Gasteiger charge is -2.13. The van der Waals surface area contributed by atoms with Crippen molar-refractivity contribution in [1.82, 2.24) is 0 Å². The van der Waals surface area contributed by atoms with Gasteiger partial charge in [-0.05, 0) is 30.4 Å². The van der Waals surface area contributed by atoms with Crippen LogP contribution in [0, 0.1) is 5.92 Å². The Morgan fingerprint density at radius 2 is 2.33 bits per heavy atom. The molecule has 0 radical (unpaired) electrons. The van der Waals surface area contributed by atoms with Gasteiger partial charge in [0.05, 0.1) is 5.69 Å². The van der Waals surface area contributed by atoms with Crippen LogP contribution in [0.3, 0.4) is 0 Å². The molecule has 1 aliphatic rings. The molecule has 1 aromatic carbocycles. The normalized spacial score (nSPS) is 18.6. The second-order valence-corrected chi connectivity index (χ2v) is 6.61. The first-order valence-electron chi connectivity index (χ1n) is 5.56. The smallest absolute Gasteiger partial charge is 0.228 e. The van der Waals surface area contributed by atoms with E-state index in [1.165, 1.54) is 0 Å². The monoisotopic (exact) mass is 344 g/mol. The molecule has 1 unspecified atom stereocenters. The second-order valence-electron chi connectivity index (χ2n) is 4.10. The summed E-state index contributed by atoms with van der Waals surface area (Å²) in [4.78, 5) is 12.3. The third-order valence-electron chi connectivity index (χ3n) is 2.81. The highest BCUT2D eigenvalue weighted by atomic mass is 79.9. The summed E-state index contributed by atoms with van der Waals surface area (Å²) in [7, 11) is 0. The minimum atomic E-state index is 0.0554. The summed E-state index contributed by atoms with van der Waals surface area (Å²) >= 11 is 10.2. The molecule has 18 heavy (non-hydrogen) atoms. The van der Waals surface area contributed by atoms with Gasteiger partial charge >= 0.3 is 0 Å². The minimum absolute atomic E-state index is 0.0554. The summed E-state index contributed by atoms with van der Waals surface area (Å²) in [5, 5.41) is 2.92. The van der Waals surface area contributed by atoms with E-state index >= 15 is 0 Å². The predicted octanol–water partition coefficient (Wildman–Crippen LogP) is 2.77. The lowest BCUT2D eigenvalue weighted by atomic mass is 10.1. The van der Waals surface area contributed by atoms with Crippen LogP contribution >= 0.6 is 39.9 Å². The number of benzene rings is 1. The van der Waals surface area contributed by atoms with Crippen molar-refractivity contribution < 1.29 is 4.79 Å². The number of hydrogen-bond donors (Lipinski definition) is 2. The van der Waals surface area contributed by atoms with Gasteiger partial charge in [-0.2, -0.15) is 11.8 Å². The van der Waals surface area contributed by atoms with Gasteiger partial charge in [-0.15, -0.1) is 0 Å². The first-order valence-corrected chi connectivity index (χ1v) is 7.91. The van der Waals surface area contributed by atoms with Gasteiger partial charge < -0.3 is 11.1 Å². The van der Waals surface area contributed by atoms with Crippen molar-refractivity contribution in [2.24, 2.45) is 11.7 Å². The van der Waals surface area contributed by atoms with Gasteiger partial charge in [0.2, 0.25) is 5.91 Å². The van der Waals surface area contributed by atoms with Crippen LogP contribution < -0.4 is 11.1 Å². The molecule has 3 N–H and O–H groups in total. The minimum Gasteiger partial charge on any atom is -0.389 e. The summed E-state index contributed by atoms with van der Waals surface area (Å²) in [6.45, 7) is 0. The zero-order valence-electron chi connectivity index (χ0n) is 9.61. The fraction of sp³-hybridized carbons (Fsp3) is 0.333. The lowest BCUT2D eigenvalue weighted by Crippen LogP contribution is -2.24. The number of thiocarbonyl (C=S) groups is 1. The summed E-state index contributed by atoms with van der Waals surface area (Å²) < 4.78 is 0.889. The van der Waals surface area contributed by atoms with Gasteiger partial charge in [0.15, 0.2) is 0 Å². The van der Waals surface area contributed by atoms with Crippen molar-refractivity contribution >= 4 is 56.5 Å². The Morgan fingerprint density at radius 3 is 2.94 bits per heavy atom. The lowest BCUT2D eigenvalue weighted by molar-refractivity contribution is -0.119. The Bertz CT molecular complexity index is 487. The maximum absolute atomic E-state index is 12.1. The number of hydrogen-bond acceptors (Lipinski definition) is 3. The number of thioether (sulfide) groups is 1. The number of carbonyl (C=O) groups excluding carboxylic acids is 1. The predicted molar refractivity (Wildman–Crippen MR) is 84.1 cm³/mol. The molecule has 0 saturated carbocycles. The van der Waals surface area contributed by atoms with Crippen molar-refractivity contribution in [3.63, 3.8) is 0 Å². The van der Waals surface area contributed by atoms with Crippen LogP contribution in [0.4, 0.5) is 5.69 Å². The molecule has 2 rings (SSSR count). The average molecular weight is 345 g/mol. The molecule has 1 saturated heterocycles. The standard InChI is InChI=1S/C12H13BrN2OS2/c13-8-1-2-10(9(5-8)11(14)17)15-12(16)7-3-4-18-6-7/h1-2,5,7H,3-4,6H2,(H2,14,17)(H,15,16). The third kappa shape index (κ3) is 3.24. The topological polar surface area (TPSA) is 55.1 Å². The Kier molecular flexibility index (Phi) is 4.64. The van der Waals surface area contributed by atoms with Crippen molar-refractivity contribution in [2.45, 2.75) is 6.42 Å². The van der Waals surface area contributed by atoms with E-state index in [-0.39, 0.29) is 16.8 Å². The SMILES string of the molecule is NC(=S)c1cc(Br)ccc1NC(=O)C1CCSC1. The third-order valence-corrected chi connectivity index (χ3v) is 4.68. The number of rotatable bonds is 3. The number of nitrogens with one attached hydrogen (secondary N) is 1. The molecule has 96 valence electrons. The van der Waals surface area contributed by atoms with Crippen molar-refractivity contribution in [3.8, 4) is 0 Å². The van der Waals surface area contributed by atoms with Crippen molar-refractivity contribution in [1.29, 1.82) is 0 Å². The van der Waals surface area contributed by atoms with Crippen molar-refractivity contribution in [2.75, 3.05) is 16.8 Å². The Balaban J connectivity index is 2.17. The average Bonchev–Trinajstić information content (AvgIpc) is 2.84. The highest BCUT2D eigenvalue weighted by molar-refractivity contribution is 9.10. The molecule has 1 atom stereocenters. The highest BCUT2D eigenvalue weighted by Crippen LogP contribution is 2.26. The van der Waals surface area contributed by atoms with E-state index in [9.17, 15) is 4.79 Å². The molecule has 0 aromatic heterocycles. The quantitative estimate of drug-likeness (QED) is 0.828. The maximum Gasteiger partial charge on any atom is 0.228 e. The maximum atomic E-state index is 12.1. The van der Waals surface area contributed by atoms with Gasteiger partial charge in [-0.1, -0.05) is 28.1 Å². The molecule has 1 heterocycles. The van der Waals surface area contributed by atoms with Gasteiger partial charge in [0.1, 0.15) is 4.99 Å². The van der Waals surface area contributed by atoms with Crippen LogP contribution in [0.2, 0.25) is 0 Å². The van der Waals surface area contributed by atoms with E-state index in [1.807, 2.05) is 30.0 Å². The molecule has 3 nitrogen and oxygen atoms in total.